The van der Waals surface area contributed by atoms with Crippen molar-refractivity contribution in [1.29, 1.82) is 0 Å². The van der Waals surface area contributed by atoms with Gasteiger partial charge in [0.2, 0.25) is 0 Å². The quantitative estimate of drug-likeness (QED) is 0.348. The summed E-state index contributed by atoms with van der Waals surface area (Å²) >= 11 is 0. The highest BCUT2D eigenvalue weighted by Gasteiger charge is 2.37. The molecule has 1 heterocycles. The first-order valence-electron chi connectivity index (χ1n) is 11.2. The Morgan fingerprint density at radius 3 is 2.06 bits per heavy atom. The molecule has 5 nitrogen and oxygen atoms in total. The summed E-state index contributed by atoms with van der Waals surface area (Å²) < 4.78 is 17.9. The summed E-state index contributed by atoms with van der Waals surface area (Å²) in [5, 5.41) is 0. The first-order valence-corrected chi connectivity index (χ1v) is 11.2. The van der Waals surface area contributed by atoms with Crippen LogP contribution >= 0.6 is 0 Å². The summed E-state index contributed by atoms with van der Waals surface area (Å²) in [7, 11) is 1.65. The van der Waals surface area contributed by atoms with E-state index in [2.05, 4.69) is 25.7 Å². The van der Waals surface area contributed by atoms with E-state index in [1.807, 2.05) is 55.5 Å². The Morgan fingerprint density at radius 1 is 0.909 bits per heavy atom. The van der Waals surface area contributed by atoms with E-state index in [0.29, 0.717) is 30.2 Å². The van der Waals surface area contributed by atoms with E-state index in [9.17, 15) is 4.79 Å². The van der Waals surface area contributed by atoms with E-state index in [0.717, 1.165) is 34.5 Å². The van der Waals surface area contributed by atoms with Gasteiger partial charge in [-0.05, 0) is 45.4 Å². The van der Waals surface area contributed by atoms with Crippen LogP contribution in [0.4, 0.5) is 0 Å². The number of hydrogen-bond acceptors (Lipinski definition) is 5. The molecule has 0 bridgehead atoms. The Kier molecular flexibility index (Phi) is 6.43. The molecule has 5 heteroatoms. The lowest BCUT2D eigenvalue weighted by atomic mass is 9.97. The first kappa shape index (κ1) is 22.9. The van der Waals surface area contributed by atoms with Crippen LogP contribution in [-0.4, -0.2) is 23.5 Å². The van der Waals surface area contributed by atoms with Crippen molar-refractivity contribution in [3.63, 3.8) is 0 Å². The molecule has 0 amide bonds. The van der Waals surface area contributed by atoms with Crippen molar-refractivity contribution in [1.82, 2.24) is 4.90 Å². The Bertz CT molecular complexity index is 1130. The van der Waals surface area contributed by atoms with Crippen LogP contribution in [0.5, 0.6) is 17.2 Å². The van der Waals surface area contributed by atoms with Crippen LogP contribution in [0.2, 0.25) is 0 Å². The number of ether oxygens (including phenoxy) is 3. The molecule has 0 radical (unpaired) electrons. The SMILES string of the molecule is COc1c(C)c(C(=O)Oc2ccccc2)c(OCc2ccccc2)c2c1CN(C(C)(C)C)C2. The summed E-state index contributed by atoms with van der Waals surface area (Å²) in [5.41, 5.74) is 4.21. The highest BCUT2D eigenvalue weighted by atomic mass is 16.5. The highest BCUT2D eigenvalue weighted by Crippen LogP contribution is 2.45. The largest absolute Gasteiger partial charge is 0.496 e. The Labute approximate surface area is 195 Å². The maximum Gasteiger partial charge on any atom is 0.347 e. The van der Waals surface area contributed by atoms with Crippen molar-refractivity contribution in [2.45, 2.75) is 52.9 Å². The monoisotopic (exact) mass is 445 g/mol. The number of benzene rings is 3. The Balaban J connectivity index is 1.81. The number of esters is 1. The van der Waals surface area contributed by atoms with E-state index in [-0.39, 0.29) is 5.54 Å². The van der Waals surface area contributed by atoms with Crippen LogP contribution in [0.1, 0.15) is 53.4 Å². The van der Waals surface area contributed by atoms with Gasteiger partial charge in [0, 0.05) is 35.3 Å². The number of nitrogens with zero attached hydrogens (tertiary/aromatic N) is 1. The molecule has 3 aromatic carbocycles. The fourth-order valence-electron chi connectivity index (χ4n) is 4.24. The van der Waals surface area contributed by atoms with Gasteiger partial charge in [-0.3, -0.25) is 4.90 Å². The number of methoxy groups -OCH3 is 1. The topological polar surface area (TPSA) is 48.0 Å². The number of hydrogen-bond donors (Lipinski definition) is 0. The summed E-state index contributed by atoms with van der Waals surface area (Å²) in [5.74, 6) is 1.35. The third kappa shape index (κ3) is 4.74. The van der Waals surface area contributed by atoms with Crippen molar-refractivity contribution in [3.05, 3.63) is 88.5 Å². The minimum atomic E-state index is -0.447. The van der Waals surface area contributed by atoms with E-state index in [1.54, 1.807) is 19.2 Å². The summed E-state index contributed by atoms with van der Waals surface area (Å²) in [6, 6.07) is 19.1. The molecule has 0 atom stereocenters. The third-order valence-electron chi connectivity index (χ3n) is 6.09. The van der Waals surface area contributed by atoms with Gasteiger partial charge in [0.25, 0.3) is 0 Å². The van der Waals surface area contributed by atoms with Gasteiger partial charge in [0.05, 0.1) is 7.11 Å². The molecule has 0 saturated carbocycles. The van der Waals surface area contributed by atoms with Gasteiger partial charge in [0.1, 0.15) is 29.4 Å². The van der Waals surface area contributed by atoms with Crippen molar-refractivity contribution in [3.8, 4) is 17.2 Å². The molecule has 4 rings (SSSR count). The fraction of sp³-hybridized carbons (Fsp3) is 0.321. The highest BCUT2D eigenvalue weighted by molar-refractivity contribution is 5.97. The molecule has 0 aromatic heterocycles. The number of fused-ring (bicyclic) bond motifs is 1. The van der Waals surface area contributed by atoms with Gasteiger partial charge >= 0.3 is 5.97 Å². The molecule has 0 unspecified atom stereocenters. The minimum Gasteiger partial charge on any atom is -0.496 e. The molecule has 0 fully saturated rings. The second-order valence-electron chi connectivity index (χ2n) is 9.32. The van der Waals surface area contributed by atoms with Crippen molar-refractivity contribution < 1.29 is 19.0 Å². The van der Waals surface area contributed by atoms with Crippen LogP contribution in [-0.2, 0) is 19.7 Å². The number of rotatable bonds is 6. The summed E-state index contributed by atoms with van der Waals surface area (Å²) in [4.78, 5) is 15.8. The normalized spacial score (nSPS) is 13.5. The molecule has 0 aliphatic carbocycles. The van der Waals surface area contributed by atoms with Gasteiger partial charge in [-0.15, -0.1) is 0 Å². The van der Waals surface area contributed by atoms with E-state index in [1.165, 1.54) is 0 Å². The van der Waals surface area contributed by atoms with Gasteiger partial charge < -0.3 is 14.2 Å². The van der Waals surface area contributed by atoms with Gasteiger partial charge in [-0.1, -0.05) is 48.5 Å². The molecule has 0 N–H and O–H groups in total. The molecule has 33 heavy (non-hydrogen) atoms. The van der Waals surface area contributed by atoms with E-state index < -0.39 is 5.97 Å². The average molecular weight is 446 g/mol. The predicted octanol–water partition coefficient (Wildman–Crippen LogP) is 5.92. The van der Waals surface area contributed by atoms with E-state index >= 15 is 0 Å². The second kappa shape index (κ2) is 9.28. The lowest BCUT2D eigenvalue weighted by molar-refractivity contribution is 0.0728. The van der Waals surface area contributed by atoms with Gasteiger partial charge in [-0.2, -0.15) is 0 Å². The standard InChI is InChI=1S/C28H31NO4/c1-19-24(27(30)33-21-14-10-7-11-15-21)26(32-18-20-12-8-6-9-13-20)23-17-29(28(2,3)4)16-22(23)25(19)31-5/h6-15H,16-18H2,1-5H3. The van der Waals surface area contributed by atoms with Crippen LogP contribution in [0.3, 0.4) is 0 Å². The lowest BCUT2D eigenvalue weighted by Crippen LogP contribution is -2.36. The summed E-state index contributed by atoms with van der Waals surface area (Å²) in [6.45, 7) is 10.2. The molecule has 0 spiro atoms. The van der Waals surface area contributed by atoms with Crippen LogP contribution in [0.15, 0.2) is 60.7 Å². The van der Waals surface area contributed by atoms with E-state index in [4.69, 9.17) is 14.2 Å². The Morgan fingerprint density at radius 2 is 1.48 bits per heavy atom. The van der Waals surface area contributed by atoms with Crippen LogP contribution < -0.4 is 14.2 Å². The average Bonchev–Trinajstić information content (AvgIpc) is 3.24. The zero-order valence-electron chi connectivity index (χ0n) is 20.0. The molecule has 1 aliphatic rings. The van der Waals surface area contributed by atoms with Crippen LogP contribution in [0.25, 0.3) is 0 Å². The van der Waals surface area contributed by atoms with Gasteiger partial charge in [-0.25, -0.2) is 4.79 Å². The summed E-state index contributed by atoms with van der Waals surface area (Å²) in [6.07, 6.45) is 0. The maximum absolute atomic E-state index is 13.4. The smallest absolute Gasteiger partial charge is 0.347 e. The van der Waals surface area contributed by atoms with Gasteiger partial charge in [0.15, 0.2) is 0 Å². The minimum absolute atomic E-state index is 0.0423. The third-order valence-corrected chi connectivity index (χ3v) is 6.09. The van der Waals surface area contributed by atoms with Crippen molar-refractivity contribution >= 4 is 5.97 Å². The molecular formula is C28H31NO4. The molecular weight excluding hydrogens is 414 g/mol. The van der Waals surface area contributed by atoms with Crippen molar-refractivity contribution in [2.24, 2.45) is 0 Å². The molecule has 172 valence electrons. The fourth-order valence-corrected chi connectivity index (χ4v) is 4.24. The maximum atomic E-state index is 13.4. The molecule has 3 aromatic rings. The zero-order chi connectivity index (χ0) is 23.6. The number of carbonyl (C=O) groups is 1. The predicted molar refractivity (Wildman–Crippen MR) is 129 cm³/mol. The van der Waals surface area contributed by atoms with Crippen molar-refractivity contribution in [2.75, 3.05) is 7.11 Å². The number of carbonyl (C=O) groups excluding carboxylic acids is 1. The first-order chi connectivity index (χ1) is 15.8. The molecule has 0 saturated heterocycles. The second-order valence-corrected chi connectivity index (χ2v) is 9.32. The Hall–Kier alpha value is -3.31. The lowest BCUT2D eigenvalue weighted by Gasteiger charge is -2.31. The van der Waals surface area contributed by atoms with Crippen LogP contribution in [0, 0.1) is 6.92 Å². The molecule has 1 aliphatic heterocycles. The number of para-hydroxylation sites is 1. The zero-order valence-corrected chi connectivity index (χ0v) is 20.0.